The van der Waals surface area contributed by atoms with Crippen LogP contribution < -0.4 is 10.2 Å². The first-order valence-corrected chi connectivity index (χ1v) is 10.9. The number of fused-ring (bicyclic) bond motifs is 1. The van der Waals surface area contributed by atoms with Crippen LogP contribution in [0.3, 0.4) is 0 Å². The van der Waals surface area contributed by atoms with Crippen molar-refractivity contribution in [1.82, 2.24) is 24.3 Å². The SMILES string of the molecule is Cc1cn2cc(C(=O)Nc3ccc(N4CCN(C(=O)OC(C)(C)C)[C@H](C)C4)nc3)ncc2n1. The maximum absolute atomic E-state index is 12.6. The van der Waals surface area contributed by atoms with Crippen molar-refractivity contribution in [2.75, 3.05) is 29.9 Å². The van der Waals surface area contributed by atoms with Gasteiger partial charge in [0.25, 0.3) is 5.91 Å². The van der Waals surface area contributed by atoms with Crippen molar-refractivity contribution in [3.63, 3.8) is 0 Å². The number of carbonyl (C=O) groups is 2. The minimum Gasteiger partial charge on any atom is -0.444 e. The monoisotopic (exact) mass is 451 g/mol. The Labute approximate surface area is 192 Å². The highest BCUT2D eigenvalue weighted by atomic mass is 16.6. The van der Waals surface area contributed by atoms with Crippen LogP contribution in [-0.4, -0.2) is 67.5 Å². The van der Waals surface area contributed by atoms with Crippen LogP contribution in [0.15, 0.2) is 36.9 Å². The second-order valence-electron chi connectivity index (χ2n) is 9.25. The van der Waals surface area contributed by atoms with Gasteiger partial charge in [0.2, 0.25) is 0 Å². The lowest BCUT2D eigenvalue weighted by Crippen LogP contribution is -2.55. The Kier molecular flexibility index (Phi) is 5.92. The van der Waals surface area contributed by atoms with Gasteiger partial charge >= 0.3 is 6.09 Å². The standard InChI is InChI=1S/C23H29N7O3/c1-15-12-29-14-18(24-11-20(29)26-15)21(31)27-17-6-7-19(25-10-17)28-8-9-30(16(2)13-28)22(32)33-23(3,4)5/h6-7,10-12,14,16H,8-9,13H2,1-5H3,(H,27,31)/t16-/m1/s1. The highest BCUT2D eigenvalue weighted by molar-refractivity contribution is 6.02. The van der Waals surface area contributed by atoms with Gasteiger partial charge in [-0.1, -0.05) is 0 Å². The summed E-state index contributed by atoms with van der Waals surface area (Å²) in [6.45, 7) is 11.3. The second kappa shape index (κ2) is 8.68. The van der Waals surface area contributed by atoms with Gasteiger partial charge in [-0.05, 0) is 46.8 Å². The van der Waals surface area contributed by atoms with Gasteiger partial charge in [-0.15, -0.1) is 0 Å². The van der Waals surface area contributed by atoms with Crippen LogP contribution in [-0.2, 0) is 4.74 Å². The normalized spacial score (nSPS) is 16.7. The van der Waals surface area contributed by atoms with Gasteiger partial charge in [0.1, 0.15) is 17.1 Å². The maximum Gasteiger partial charge on any atom is 0.410 e. The van der Waals surface area contributed by atoms with E-state index in [4.69, 9.17) is 4.74 Å². The lowest BCUT2D eigenvalue weighted by Gasteiger charge is -2.40. The Hall–Kier alpha value is -3.69. The second-order valence-corrected chi connectivity index (χ2v) is 9.25. The van der Waals surface area contributed by atoms with E-state index in [9.17, 15) is 9.59 Å². The Morgan fingerprint density at radius 3 is 2.58 bits per heavy atom. The number of amides is 2. The summed E-state index contributed by atoms with van der Waals surface area (Å²) in [6.07, 6.45) is 6.39. The molecule has 1 fully saturated rings. The molecule has 10 nitrogen and oxygen atoms in total. The van der Waals surface area contributed by atoms with Gasteiger partial charge < -0.3 is 24.3 Å². The average molecular weight is 452 g/mol. The van der Waals surface area contributed by atoms with Crippen LogP contribution in [0.5, 0.6) is 0 Å². The molecule has 3 aromatic rings. The molecule has 0 unspecified atom stereocenters. The van der Waals surface area contributed by atoms with E-state index in [1.165, 1.54) is 0 Å². The number of imidazole rings is 1. The summed E-state index contributed by atoms with van der Waals surface area (Å²) in [7, 11) is 0. The van der Waals surface area contributed by atoms with Gasteiger partial charge in [-0.2, -0.15) is 0 Å². The first-order valence-electron chi connectivity index (χ1n) is 10.9. The predicted molar refractivity (Wildman–Crippen MR) is 125 cm³/mol. The zero-order chi connectivity index (χ0) is 23.8. The lowest BCUT2D eigenvalue weighted by molar-refractivity contribution is 0.0158. The van der Waals surface area contributed by atoms with Crippen molar-refractivity contribution in [3.8, 4) is 0 Å². The van der Waals surface area contributed by atoms with Crippen molar-refractivity contribution < 1.29 is 14.3 Å². The lowest BCUT2D eigenvalue weighted by atomic mass is 10.2. The van der Waals surface area contributed by atoms with Crippen LogP contribution >= 0.6 is 0 Å². The molecule has 33 heavy (non-hydrogen) atoms. The van der Waals surface area contributed by atoms with Crippen LogP contribution in [0.2, 0.25) is 0 Å². The number of carbonyl (C=O) groups excluding carboxylic acids is 2. The van der Waals surface area contributed by atoms with Crippen LogP contribution in [0, 0.1) is 6.92 Å². The van der Waals surface area contributed by atoms with E-state index >= 15 is 0 Å². The largest absolute Gasteiger partial charge is 0.444 e. The zero-order valence-corrected chi connectivity index (χ0v) is 19.6. The molecular formula is C23H29N7O3. The van der Waals surface area contributed by atoms with Crippen molar-refractivity contribution in [1.29, 1.82) is 0 Å². The quantitative estimate of drug-likeness (QED) is 0.652. The smallest absolute Gasteiger partial charge is 0.410 e. The van der Waals surface area contributed by atoms with Gasteiger partial charge in [0.05, 0.1) is 23.8 Å². The number of pyridine rings is 1. The molecule has 0 saturated carbocycles. The molecule has 0 bridgehead atoms. The van der Waals surface area contributed by atoms with E-state index in [1.807, 2.05) is 52.9 Å². The first kappa shape index (κ1) is 22.5. The molecule has 10 heteroatoms. The summed E-state index contributed by atoms with van der Waals surface area (Å²) in [5.41, 5.74) is 1.89. The molecule has 0 radical (unpaired) electrons. The number of aromatic nitrogens is 4. The molecule has 4 heterocycles. The number of rotatable bonds is 3. The number of piperazine rings is 1. The third kappa shape index (κ3) is 5.21. The van der Waals surface area contributed by atoms with Crippen molar-refractivity contribution >= 4 is 29.2 Å². The van der Waals surface area contributed by atoms with E-state index in [0.717, 1.165) is 11.5 Å². The third-order valence-corrected chi connectivity index (χ3v) is 5.28. The molecule has 0 aromatic carbocycles. The number of hydrogen-bond donors (Lipinski definition) is 1. The summed E-state index contributed by atoms with van der Waals surface area (Å²) in [4.78, 5) is 41.9. The van der Waals surface area contributed by atoms with Gasteiger partial charge in [0, 0.05) is 38.1 Å². The Bertz CT molecular complexity index is 1170. The summed E-state index contributed by atoms with van der Waals surface area (Å²) in [5, 5.41) is 2.83. The van der Waals surface area contributed by atoms with Gasteiger partial charge in [-0.25, -0.2) is 19.7 Å². The van der Waals surface area contributed by atoms with Gasteiger partial charge in [0.15, 0.2) is 5.65 Å². The molecular weight excluding hydrogens is 422 g/mol. The van der Waals surface area contributed by atoms with Crippen molar-refractivity contribution in [3.05, 3.63) is 48.3 Å². The third-order valence-electron chi connectivity index (χ3n) is 5.28. The number of anilines is 2. The number of nitrogens with zero attached hydrogens (tertiary/aromatic N) is 6. The first-order chi connectivity index (χ1) is 15.6. The molecule has 1 aliphatic heterocycles. The summed E-state index contributed by atoms with van der Waals surface area (Å²) >= 11 is 0. The predicted octanol–water partition coefficient (Wildman–Crippen LogP) is 3.13. The molecule has 1 saturated heterocycles. The van der Waals surface area contributed by atoms with E-state index < -0.39 is 5.60 Å². The molecule has 1 aliphatic rings. The molecule has 2 amide bonds. The van der Waals surface area contributed by atoms with Crippen LogP contribution in [0.4, 0.5) is 16.3 Å². The molecule has 174 valence electrons. The van der Waals surface area contributed by atoms with E-state index in [2.05, 4.69) is 25.2 Å². The van der Waals surface area contributed by atoms with E-state index in [1.54, 1.807) is 27.9 Å². The van der Waals surface area contributed by atoms with Gasteiger partial charge in [-0.3, -0.25) is 4.79 Å². The maximum atomic E-state index is 12.6. The fourth-order valence-corrected chi connectivity index (χ4v) is 3.74. The fraction of sp³-hybridized carbons (Fsp3) is 0.435. The number of ether oxygens (including phenoxy) is 1. The van der Waals surface area contributed by atoms with E-state index in [0.29, 0.717) is 31.0 Å². The van der Waals surface area contributed by atoms with Crippen molar-refractivity contribution in [2.24, 2.45) is 0 Å². The molecule has 0 spiro atoms. The van der Waals surface area contributed by atoms with Crippen LogP contribution in [0.25, 0.3) is 5.65 Å². The minimum atomic E-state index is -0.519. The Balaban J connectivity index is 1.37. The number of aryl methyl sites for hydroxylation is 1. The fourth-order valence-electron chi connectivity index (χ4n) is 3.74. The molecule has 1 N–H and O–H groups in total. The number of hydrogen-bond acceptors (Lipinski definition) is 7. The highest BCUT2D eigenvalue weighted by Gasteiger charge is 2.31. The summed E-state index contributed by atoms with van der Waals surface area (Å²) in [6, 6.07) is 3.66. The topological polar surface area (TPSA) is 105 Å². The Morgan fingerprint density at radius 1 is 1.12 bits per heavy atom. The molecule has 3 aromatic heterocycles. The minimum absolute atomic E-state index is 0.0115. The molecule has 4 rings (SSSR count). The summed E-state index contributed by atoms with van der Waals surface area (Å²) < 4.78 is 7.28. The highest BCUT2D eigenvalue weighted by Crippen LogP contribution is 2.21. The Morgan fingerprint density at radius 2 is 1.91 bits per heavy atom. The van der Waals surface area contributed by atoms with E-state index in [-0.39, 0.29) is 23.7 Å². The molecule has 0 aliphatic carbocycles. The number of nitrogens with one attached hydrogen (secondary N) is 1. The average Bonchev–Trinajstić information content (AvgIpc) is 3.12. The van der Waals surface area contributed by atoms with Crippen LogP contribution in [0.1, 0.15) is 43.9 Å². The van der Waals surface area contributed by atoms with Crippen molar-refractivity contribution in [2.45, 2.75) is 46.3 Å². The summed E-state index contributed by atoms with van der Waals surface area (Å²) in [5.74, 6) is 0.467. The molecule has 1 atom stereocenters. The zero-order valence-electron chi connectivity index (χ0n) is 19.6.